The van der Waals surface area contributed by atoms with Crippen molar-refractivity contribution < 1.29 is 4.79 Å². The predicted molar refractivity (Wildman–Crippen MR) is 113 cm³/mol. The second-order valence-corrected chi connectivity index (χ2v) is 8.37. The third-order valence-corrected chi connectivity index (χ3v) is 5.64. The van der Waals surface area contributed by atoms with Gasteiger partial charge in [-0.2, -0.15) is 0 Å². The Labute approximate surface area is 163 Å². The molecular formula is C21H26BrN3O. The third kappa shape index (κ3) is 4.04. The lowest BCUT2D eigenvalue weighted by molar-refractivity contribution is 0.102. The van der Waals surface area contributed by atoms with Gasteiger partial charge in [0, 0.05) is 23.2 Å². The first kappa shape index (κ1) is 18.8. The van der Waals surface area contributed by atoms with Crippen LogP contribution in [0.5, 0.6) is 0 Å². The van der Waals surface area contributed by atoms with E-state index in [0.717, 1.165) is 28.8 Å². The number of piperidine rings is 1. The second-order valence-electron chi connectivity index (χ2n) is 7.51. The van der Waals surface area contributed by atoms with Gasteiger partial charge in [-0.25, -0.2) is 0 Å². The van der Waals surface area contributed by atoms with Gasteiger partial charge in [-0.1, -0.05) is 26.0 Å². The number of aryl methyl sites for hydroxylation is 1. The van der Waals surface area contributed by atoms with Gasteiger partial charge in [0.25, 0.3) is 5.91 Å². The minimum Gasteiger partial charge on any atom is -0.397 e. The Morgan fingerprint density at radius 3 is 2.50 bits per heavy atom. The highest BCUT2D eigenvalue weighted by molar-refractivity contribution is 9.10. The summed E-state index contributed by atoms with van der Waals surface area (Å²) in [5.74, 6) is 1.15. The highest BCUT2D eigenvalue weighted by Gasteiger charge is 2.24. The van der Waals surface area contributed by atoms with Crippen LogP contribution >= 0.6 is 15.9 Å². The van der Waals surface area contributed by atoms with Crippen LogP contribution in [-0.4, -0.2) is 19.0 Å². The molecule has 2 aromatic carbocycles. The van der Waals surface area contributed by atoms with Crippen molar-refractivity contribution in [3.63, 3.8) is 0 Å². The van der Waals surface area contributed by atoms with Gasteiger partial charge in [0.05, 0.1) is 16.9 Å². The van der Waals surface area contributed by atoms with Crippen molar-refractivity contribution in [2.75, 3.05) is 29.0 Å². The summed E-state index contributed by atoms with van der Waals surface area (Å²) in [6, 6.07) is 11.4. The molecule has 3 N–H and O–H groups in total. The smallest absolute Gasteiger partial charge is 0.256 e. The van der Waals surface area contributed by atoms with Crippen LogP contribution in [0.1, 0.15) is 36.2 Å². The molecule has 0 unspecified atom stereocenters. The van der Waals surface area contributed by atoms with Gasteiger partial charge in [-0.3, -0.25) is 4.79 Å². The van der Waals surface area contributed by atoms with Crippen LogP contribution in [0, 0.1) is 18.8 Å². The minimum atomic E-state index is -0.167. The lowest BCUT2D eigenvalue weighted by Gasteiger charge is -2.37. The number of hydrogen-bond donors (Lipinski definition) is 2. The Bertz CT molecular complexity index is 811. The second kappa shape index (κ2) is 7.70. The minimum absolute atomic E-state index is 0.167. The normalized spacial score (nSPS) is 20.1. The molecule has 2 aromatic rings. The van der Waals surface area contributed by atoms with Crippen LogP contribution in [-0.2, 0) is 0 Å². The summed E-state index contributed by atoms with van der Waals surface area (Å²) in [7, 11) is 0. The molecule has 26 heavy (non-hydrogen) atoms. The number of amides is 1. The van der Waals surface area contributed by atoms with Crippen molar-refractivity contribution in [2.45, 2.75) is 27.2 Å². The Kier molecular flexibility index (Phi) is 5.56. The largest absolute Gasteiger partial charge is 0.397 e. The quantitative estimate of drug-likeness (QED) is 0.687. The summed E-state index contributed by atoms with van der Waals surface area (Å²) in [5.41, 5.74) is 10.3. The predicted octanol–water partition coefficient (Wildman–Crippen LogP) is 5.07. The van der Waals surface area contributed by atoms with Crippen LogP contribution in [0.2, 0.25) is 0 Å². The van der Waals surface area contributed by atoms with Crippen LogP contribution in [0.25, 0.3) is 0 Å². The van der Waals surface area contributed by atoms with Gasteiger partial charge in [-0.05, 0) is 70.9 Å². The number of hydrogen-bond acceptors (Lipinski definition) is 3. The number of anilines is 3. The molecule has 1 fully saturated rings. The number of nitrogens with zero attached hydrogens (tertiary/aromatic N) is 1. The van der Waals surface area contributed by atoms with Crippen molar-refractivity contribution in [2.24, 2.45) is 11.8 Å². The number of nitrogens with one attached hydrogen (secondary N) is 1. The van der Waals surface area contributed by atoms with E-state index in [0.29, 0.717) is 28.8 Å². The van der Waals surface area contributed by atoms with Crippen molar-refractivity contribution in [3.8, 4) is 0 Å². The Balaban J connectivity index is 1.89. The maximum absolute atomic E-state index is 12.7. The van der Waals surface area contributed by atoms with E-state index in [9.17, 15) is 4.79 Å². The lowest BCUT2D eigenvalue weighted by atomic mass is 9.91. The monoisotopic (exact) mass is 415 g/mol. The van der Waals surface area contributed by atoms with E-state index >= 15 is 0 Å². The fourth-order valence-corrected chi connectivity index (χ4v) is 4.33. The summed E-state index contributed by atoms with van der Waals surface area (Å²) in [6.07, 6.45) is 1.26. The molecule has 138 valence electrons. The molecule has 0 spiro atoms. The molecule has 1 aliphatic heterocycles. The van der Waals surface area contributed by atoms with E-state index in [-0.39, 0.29) is 5.91 Å². The lowest BCUT2D eigenvalue weighted by Crippen LogP contribution is -2.39. The Morgan fingerprint density at radius 2 is 1.85 bits per heavy atom. The van der Waals surface area contributed by atoms with Gasteiger partial charge >= 0.3 is 0 Å². The topological polar surface area (TPSA) is 58.4 Å². The van der Waals surface area contributed by atoms with Crippen molar-refractivity contribution in [1.29, 1.82) is 0 Å². The molecule has 0 bridgehead atoms. The number of carbonyl (C=O) groups excluding carboxylic acids is 1. The molecule has 1 aliphatic rings. The number of benzene rings is 2. The summed E-state index contributed by atoms with van der Waals surface area (Å²) in [6.45, 7) is 8.74. The van der Waals surface area contributed by atoms with Crippen LogP contribution in [0.3, 0.4) is 0 Å². The molecule has 1 saturated heterocycles. The molecule has 0 aliphatic carbocycles. The van der Waals surface area contributed by atoms with Gasteiger partial charge in [0.15, 0.2) is 0 Å². The zero-order chi connectivity index (χ0) is 18.8. The Morgan fingerprint density at radius 1 is 1.19 bits per heavy atom. The van der Waals surface area contributed by atoms with Gasteiger partial charge in [0.2, 0.25) is 0 Å². The van der Waals surface area contributed by atoms with Crippen LogP contribution in [0.15, 0.2) is 40.9 Å². The van der Waals surface area contributed by atoms with E-state index in [1.807, 2.05) is 30.3 Å². The maximum atomic E-state index is 12.7. The van der Waals surface area contributed by atoms with E-state index in [1.54, 1.807) is 6.07 Å². The number of nitrogens with two attached hydrogens (primary N) is 1. The number of carbonyl (C=O) groups is 1. The van der Waals surface area contributed by atoms with E-state index in [2.05, 4.69) is 46.9 Å². The fraction of sp³-hybridized carbons (Fsp3) is 0.381. The molecule has 1 heterocycles. The van der Waals surface area contributed by atoms with Crippen molar-refractivity contribution >= 4 is 38.9 Å². The fourth-order valence-electron chi connectivity index (χ4n) is 3.86. The number of rotatable bonds is 3. The molecule has 0 aromatic heterocycles. The van der Waals surface area contributed by atoms with Gasteiger partial charge in [-0.15, -0.1) is 0 Å². The van der Waals surface area contributed by atoms with Gasteiger partial charge in [0.1, 0.15) is 0 Å². The first-order valence-corrected chi connectivity index (χ1v) is 9.85. The molecule has 0 saturated carbocycles. The number of halogens is 1. The molecule has 0 radical (unpaired) electrons. The molecular weight excluding hydrogens is 390 g/mol. The Hall–Kier alpha value is -2.01. The number of nitrogen functional groups attached to an aromatic ring is 1. The van der Waals surface area contributed by atoms with E-state index in [4.69, 9.17) is 5.73 Å². The zero-order valence-corrected chi connectivity index (χ0v) is 17.1. The maximum Gasteiger partial charge on any atom is 0.256 e. The first-order chi connectivity index (χ1) is 12.3. The average Bonchev–Trinajstić information content (AvgIpc) is 2.56. The SMILES string of the molecule is Cc1cc(N)c(NC(=O)c2ccccc2Br)cc1N1C[C@@H](C)C[C@H](C)C1. The summed E-state index contributed by atoms with van der Waals surface area (Å²) in [4.78, 5) is 15.1. The molecule has 3 rings (SSSR count). The average molecular weight is 416 g/mol. The van der Waals surface area contributed by atoms with Crippen molar-refractivity contribution in [1.82, 2.24) is 0 Å². The van der Waals surface area contributed by atoms with Crippen LogP contribution < -0.4 is 16.0 Å². The standard InChI is InChI=1S/C21H26BrN3O/c1-13-8-14(2)12-25(11-13)20-10-19(18(23)9-15(20)3)24-21(26)16-6-4-5-7-17(16)22/h4-7,9-10,13-14H,8,11-12,23H2,1-3H3,(H,24,26)/t13-,14-/m0/s1. The molecule has 2 atom stereocenters. The highest BCUT2D eigenvalue weighted by atomic mass is 79.9. The molecule has 5 heteroatoms. The zero-order valence-electron chi connectivity index (χ0n) is 15.6. The first-order valence-electron chi connectivity index (χ1n) is 9.06. The van der Waals surface area contributed by atoms with Crippen molar-refractivity contribution in [3.05, 3.63) is 52.0 Å². The molecule has 1 amide bonds. The van der Waals surface area contributed by atoms with Gasteiger partial charge < -0.3 is 16.0 Å². The van der Waals surface area contributed by atoms with Crippen LogP contribution in [0.4, 0.5) is 17.1 Å². The summed E-state index contributed by atoms with van der Waals surface area (Å²) >= 11 is 3.43. The third-order valence-electron chi connectivity index (χ3n) is 4.94. The highest BCUT2D eigenvalue weighted by Crippen LogP contribution is 2.34. The summed E-state index contributed by atoms with van der Waals surface area (Å²) in [5, 5.41) is 2.98. The molecule has 4 nitrogen and oxygen atoms in total. The van der Waals surface area contributed by atoms with E-state index < -0.39 is 0 Å². The van der Waals surface area contributed by atoms with E-state index in [1.165, 1.54) is 6.42 Å². The summed E-state index contributed by atoms with van der Waals surface area (Å²) < 4.78 is 0.766.